The standard InChI is InChI=1S/C11H17BrN2O4S/c1-13-6-9-5-10(11(12)18-9)19(15,16)14-7-8-3-2-4-17-8/h5,8,13-14H,2-4,6-7H2,1H3. The van der Waals surface area contributed by atoms with Crippen LogP contribution in [0.15, 0.2) is 20.0 Å². The first-order valence-electron chi connectivity index (χ1n) is 6.07. The van der Waals surface area contributed by atoms with E-state index >= 15 is 0 Å². The second-order valence-corrected chi connectivity index (χ2v) is 6.82. The lowest BCUT2D eigenvalue weighted by atomic mass is 10.2. The van der Waals surface area contributed by atoms with Gasteiger partial charge in [0.05, 0.1) is 12.6 Å². The summed E-state index contributed by atoms with van der Waals surface area (Å²) >= 11 is 3.13. The summed E-state index contributed by atoms with van der Waals surface area (Å²) in [5, 5.41) is 2.90. The summed E-state index contributed by atoms with van der Waals surface area (Å²) in [6.07, 6.45) is 1.84. The van der Waals surface area contributed by atoms with Crippen LogP contribution in [0, 0.1) is 0 Å². The first-order chi connectivity index (χ1) is 9.03. The Morgan fingerprint density at radius 3 is 2.95 bits per heavy atom. The predicted molar refractivity (Wildman–Crippen MR) is 73.3 cm³/mol. The maximum absolute atomic E-state index is 12.2. The number of furan rings is 1. The van der Waals surface area contributed by atoms with Crippen LogP contribution in [0.2, 0.25) is 0 Å². The van der Waals surface area contributed by atoms with Gasteiger partial charge in [-0.3, -0.25) is 0 Å². The molecule has 1 aromatic rings. The van der Waals surface area contributed by atoms with E-state index in [9.17, 15) is 8.42 Å². The molecule has 19 heavy (non-hydrogen) atoms. The number of ether oxygens (including phenoxy) is 1. The molecule has 1 aliphatic rings. The van der Waals surface area contributed by atoms with Crippen LogP contribution >= 0.6 is 15.9 Å². The molecule has 0 radical (unpaired) electrons. The van der Waals surface area contributed by atoms with Gasteiger partial charge in [0.15, 0.2) is 4.67 Å². The van der Waals surface area contributed by atoms with E-state index in [4.69, 9.17) is 9.15 Å². The second kappa shape index (κ2) is 6.36. The molecule has 0 aliphatic carbocycles. The summed E-state index contributed by atoms with van der Waals surface area (Å²) < 4.78 is 37.8. The third kappa shape index (κ3) is 3.79. The molecule has 1 aromatic heterocycles. The Morgan fingerprint density at radius 1 is 1.53 bits per heavy atom. The number of hydrogen-bond donors (Lipinski definition) is 2. The van der Waals surface area contributed by atoms with E-state index < -0.39 is 10.0 Å². The van der Waals surface area contributed by atoms with Crippen LogP contribution in [0.3, 0.4) is 0 Å². The quantitative estimate of drug-likeness (QED) is 0.804. The maximum atomic E-state index is 12.2. The van der Waals surface area contributed by atoms with E-state index in [2.05, 4.69) is 26.0 Å². The van der Waals surface area contributed by atoms with Gasteiger partial charge >= 0.3 is 0 Å². The fourth-order valence-electron chi connectivity index (χ4n) is 1.93. The summed E-state index contributed by atoms with van der Waals surface area (Å²) in [7, 11) is -1.81. The zero-order valence-electron chi connectivity index (χ0n) is 10.6. The molecular weight excluding hydrogens is 336 g/mol. The molecule has 108 valence electrons. The first-order valence-corrected chi connectivity index (χ1v) is 8.34. The molecule has 1 saturated heterocycles. The summed E-state index contributed by atoms with van der Waals surface area (Å²) in [6, 6.07) is 1.51. The highest BCUT2D eigenvalue weighted by Gasteiger charge is 2.24. The van der Waals surface area contributed by atoms with Crippen LogP contribution in [0.5, 0.6) is 0 Å². The van der Waals surface area contributed by atoms with Gasteiger partial charge in [-0.25, -0.2) is 13.1 Å². The molecule has 2 heterocycles. The van der Waals surface area contributed by atoms with Crippen molar-refractivity contribution in [2.24, 2.45) is 0 Å². The van der Waals surface area contributed by atoms with Gasteiger partial charge in [-0.15, -0.1) is 0 Å². The third-order valence-corrected chi connectivity index (χ3v) is 5.15. The van der Waals surface area contributed by atoms with Crippen LogP contribution in [0.1, 0.15) is 18.6 Å². The van der Waals surface area contributed by atoms with Crippen molar-refractivity contribution in [1.29, 1.82) is 0 Å². The van der Waals surface area contributed by atoms with E-state index in [1.165, 1.54) is 6.07 Å². The Labute approximate surface area is 121 Å². The Kier molecular flexibility index (Phi) is 5.02. The fourth-order valence-corrected chi connectivity index (χ4v) is 3.99. The molecule has 0 amide bonds. The van der Waals surface area contributed by atoms with Crippen LogP contribution in [-0.2, 0) is 21.3 Å². The van der Waals surface area contributed by atoms with Crippen molar-refractivity contribution >= 4 is 26.0 Å². The molecule has 1 fully saturated rings. The molecule has 2 rings (SSSR count). The van der Waals surface area contributed by atoms with Gasteiger partial charge in [-0.05, 0) is 35.8 Å². The summed E-state index contributed by atoms with van der Waals surface area (Å²) in [5.41, 5.74) is 0. The number of sulfonamides is 1. The lowest BCUT2D eigenvalue weighted by Crippen LogP contribution is -2.31. The highest BCUT2D eigenvalue weighted by atomic mass is 79.9. The summed E-state index contributed by atoms with van der Waals surface area (Å²) in [4.78, 5) is 0.121. The zero-order valence-corrected chi connectivity index (χ0v) is 13.0. The first kappa shape index (κ1) is 15.0. The van der Waals surface area contributed by atoms with Gasteiger partial charge in [0.25, 0.3) is 0 Å². The molecule has 8 heteroatoms. The largest absolute Gasteiger partial charge is 0.452 e. The minimum Gasteiger partial charge on any atom is -0.452 e. The van der Waals surface area contributed by atoms with Gasteiger partial charge in [0.1, 0.15) is 10.7 Å². The third-order valence-electron chi connectivity index (χ3n) is 2.87. The SMILES string of the molecule is CNCc1cc(S(=O)(=O)NCC2CCCO2)c(Br)o1. The van der Waals surface area contributed by atoms with E-state index in [0.29, 0.717) is 25.5 Å². The Bertz CT molecular complexity index is 523. The summed E-state index contributed by atoms with van der Waals surface area (Å²) in [6.45, 7) is 1.47. The number of hydrogen-bond acceptors (Lipinski definition) is 5. The van der Waals surface area contributed by atoms with E-state index in [1.807, 2.05) is 0 Å². The normalized spacial score (nSPS) is 20.0. The van der Waals surface area contributed by atoms with Crippen molar-refractivity contribution in [3.63, 3.8) is 0 Å². The fraction of sp³-hybridized carbons (Fsp3) is 0.636. The van der Waals surface area contributed by atoms with Crippen LogP contribution in [0.25, 0.3) is 0 Å². The number of halogens is 1. The van der Waals surface area contributed by atoms with Crippen molar-refractivity contribution in [2.75, 3.05) is 20.2 Å². The monoisotopic (exact) mass is 352 g/mol. The Morgan fingerprint density at radius 2 is 2.32 bits per heavy atom. The van der Waals surface area contributed by atoms with Gasteiger partial charge in [0, 0.05) is 19.2 Å². The minimum absolute atomic E-state index is 0.0303. The molecule has 0 bridgehead atoms. The van der Waals surface area contributed by atoms with Crippen molar-refractivity contribution < 1.29 is 17.6 Å². The molecule has 2 N–H and O–H groups in total. The van der Waals surface area contributed by atoms with Crippen LogP contribution in [0.4, 0.5) is 0 Å². The van der Waals surface area contributed by atoms with Crippen molar-refractivity contribution in [3.05, 3.63) is 16.5 Å². The molecule has 0 spiro atoms. The van der Waals surface area contributed by atoms with Gasteiger partial charge in [0.2, 0.25) is 10.0 Å². The van der Waals surface area contributed by atoms with E-state index in [1.54, 1.807) is 7.05 Å². The van der Waals surface area contributed by atoms with Crippen LogP contribution in [-0.4, -0.2) is 34.7 Å². The van der Waals surface area contributed by atoms with Gasteiger partial charge < -0.3 is 14.5 Å². The van der Waals surface area contributed by atoms with Crippen molar-refractivity contribution in [1.82, 2.24) is 10.0 Å². The molecule has 1 atom stereocenters. The topological polar surface area (TPSA) is 80.6 Å². The molecule has 0 aromatic carbocycles. The maximum Gasteiger partial charge on any atom is 0.245 e. The van der Waals surface area contributed by atoms with Crippen LogP contribution < -0.4 is 10.0 Å². The Hall–Kier alpha value is -0.410. The smallest absolute Gasteiger partial charge is 0.245 e. The lowest BCUT2D eigenvalue weighted by Gasteiger charge is -2.10. The molecular formula is C11H17BrN2O4S. The predicted octanol–water partition coefficient (Wildman–Crippen LogP) is 1.22. The zero-order chi connectivity index (χ0) is 13.9. The van der Waals surface area contributed by atoms with E-state index in [0.717, 1.165) is 12.8 Å². The van der Waals surface area contributed by atoms with Crippen molar-refractivity contribution in [2.45, 2.75) is 30.4 Å². The molecule has 6 nitrogen and oxygen atoms in total. The average molecular weight is 353 g/mol. The highest BCUT2D eigenvalue weighted by molar-refractivity contribution is 9.10. The number of nitrogens with one attached hydrogen (secondary N) is 2. The average Bonchev–Trinajstić information content (AvgIpc) is 2.97. The van der Waals surface area contributed by atoms with Gasteiger partial charge in [-0.1, -0.05) is 0 Å². The Balaban J connectivity index is 2.05. The summed E-state index contributed by atoms with van der Waals surface area (Å²) in [5.74, 6) is 0.562. The molecule has 0 saturated carbocycles. The number of rotatable bonds is 6. The second-order valence-electron chi connectivity index (χ2n) is 4.37. The lowest BCUT2D eigenvalue weighted by molar-refractivity contribution is 0.114. The minimum atomic E-state index is -3.57. The van der Waals surface area contributed by atoms with Gasteiger partial charge in [-0.2, -0.15) is 0 Å². The molecule has 1 aliphatic heterocycles. The molecule has 1 unspecified atom stereocenters. The van der Waals surface area contributed by atoms with E-state index in [-0.39, 0.29) is 15.7 Å². The highest BCUT2D eigenvalue weighted by Crippen LogP contribution is 2.26. The van der Waals surface area contributed by atoms with Crippen molar-refractivity contribution in [3.8, 4) is 0 Å².